The smallest absolute Gasteiger partial charge is 0.255 e. The van der Waals surface area contributed by atoms with Gasteiger partial charge in [0.05, 0.1) is 11.3 Å². The molecule has 1 atom stereocenters. The molecular formula is C18H23N5O. The average Bonchev–Trinajstić information content (AvgIpc) is 2.62. The van der Waals surface area contributed by atoms with E-state index in [1.165, 1.54) is 0 Å². The number of likely N-dealkylation sites (tertiary alicyclic amines) is 1. The summed E-state index contributed by atoms with van der Waals surface area (Å²) in [6, 6.07) is 1.90. The molecule has 2 aromatic heterocycles. The summed E-state index contributed by atoms with van der Waals surface area (Å²) < 4.78 is 0. The van der Waals surface area contributed by atoms with E-state index in [1.807, 2.05) is 24.9 Å². The molecule has 1 amide bonds. The molecule has 3 heterocycles. The van der Waals surface area contributed by atoms with Gasteiger partial charge in [-0.25, -0.2) is 4.98 Å². The van der Waals surface area contributed by atoms with Crippen molar-refractivity contribution in [1.29, 1.82) is 0 Å². The number of nitrogens with zero attached hydrogens (tertiary/aromatic N) is 4. The van der Waals surface area contributed by atoms with Crippen LogP contribution < -0.4 is 5.32 Å². The first-order valence-electron chi connectivity index (χ1n) is 8.36. The largest absolute Gasteiger partial charge is 0.372 e. The van der Waals surface area contributed by atoms with Crippen LogP contribution in [0, 0.1) is 12.8 Å². The van der Waals surface area contributed by atoms with Crippen molar-refractivity contribution in [3.05, 3.63) is 47.7 Å². The van der Waals surface area contributed by atoms with Crippen molar-refractivity contribution >= 4 is 11.7 Å². The lowest BCUT2D eigenvalue weighted by Crippen LogP contribution is -2.40. The Morgan fingerprint density at radius 3 is 2.96 bits per heavy atom. The molecule has 1 aliphatic heterocycles. The summed E-state index contributed by atoms with van der Waals surface area (Å²) in [6.07, 6.45) is 9.79. The van der Waals surface area contributed by atoms with Gasteiger partial charge in [0.1, 0.15) is 5.82 Å². The van der Waals surface area contributed by atoms with E-state index in [2.05, 4.69) is 20.3 Å². The molecule has 2 aromatic rings. The van der Waals surface area contributed by atoms with E-state index in [9.17, 15) is 4.79 Å². The summed E-state index contributed by atoms with van der Waals surface area (Å²) >= 11 is 0. The number of anilines is 1. The SMILES string of the molecule is CNc1nccnc1C[C@H]1CCCN(C(=O)c2cncc(C)c2)C1. The third-order valence-electron chi connectivity index (χ3n) is 4.42. The van der Waals surface area contributed by atoms with E-state index in [1.54, 1.807) is 24.8 Å². The second-order valence-corrected chi connectivity index (χ2v) is 6.32. The van der Waals surface area contributed by atoms with Crippen LogP contribution in [0.3, 0.4) is 0 Å². The van der Waals surface area contributed by atoms with Gasteiger partial charge in [0, 0.05) is 44.9 Å². The number of amides is 1. The third-order valence-corrected chi connectivity index (χ3v) is 4.42. The standard InChI is InChI=1S/C18H23N5O/c1-13-8-15(11-20-10-13)18(24)23-7-3-4-14(12-23)9-16-17(19-2)22-6-5-21-16/h5-6,8,10-11,14H,3-4,7,9,12H2,1-2H3,(H,19,22)/t14-/m1/s1. The normalized spacial score (nSPS) is 17.6. The lowest BCUT2D eigenvalue weighted by atomic mass is 9.92. The highest BCUT2D eigenvalue weighted by atomic mass is 16.2. The maximum absolute atomic E-state index is 12.7. The van der Waals surface area contributed by atoms with Crippen molar-refractivity contribution in [3.8, 4) is 0 Å². The Kier molecular flexibility index (Phi) is 5.03. The highest BCUT2D eigenvalue weighted by molar-refractivity contribution is 5.94. The van der Waals surface area contributed by atoms with Gasteiger partial charge >= 0.3 is 0 Å². The van der Waals surface area contributed by atoms with E-state index in [-0.39, 0.29) is 5.91 Å². The Morgan fingerprint density at radius 1 is 1.33 bits per heavy atom. The fraction of sp³-hybridized carbons (Fsp3) is 0.444. The lowest BCUT2D eigenvalue weighted by Gasteiger charge is -2.33. The fourth-order valence-electron chi connectivity index (χ4n) is 3.27. The number of carbonyl (C=O) groups is 1. The molecule has 0 spiro atoms. The van der Waals surface area contributed by atoms with E-state index in [0.29, 0.717) is 11.5 Å². The van der Waals surface area contributed by atoms with E-state index in [4.69, 9.17) is 0 Å². The lowest BCUT2D eigenvalue weighted by molar-refractivity contribution is 0.0672. The van der Waals surface area contributed by atoms with Gasteiger partial charge in [-0.15, -0.1) is 0 Å². The van der Waals surface area contributed by atoms with Crippen molar-refractivity contribution in [2.24, 2.45) is 5.92 Å². The number of hydrogen-bond donors (Lipinski definition) is 1. The van der Waals surface area contributed by atoms with E-state index >= 15 is 0 Å². The first-order chi connectivity index (χ1) is 11.7. The van der Waals surface area contributed by atoms with Gasteiger partial charge in [0.25, 0.3) is 5.91 Å². The summed E-state index contributed by atoms with van der Waals surface area (Å²) in [6.45, 7) is 3.52. The highest BCUT2D eigenvalue weighted by Crippen LogP contribution is 2.23. The fourth-order valence-corrected chi connectivity index (χ4v) is 3.27. The number of aryl methyl sites for hydroxylation is 1. The zero-order valence-corrected chi connectivity index (χ0v) is 14.2. The molecule has 1 N–H and O–H groups in total. The molecule has 126 valence electrons. The van der Waals surface area contributed by atoms with E-state index < -0.39 is 0 Å². The minimum Gasteiger partial charge on any atom is -0.372 e. The Bertz CT molecular complexity index is 718. The maximum atomic E-state index is 12.7. The number of nitrogens with one attached hydrogen (secondary N) is 1. The molecule has 0 bridgehead atoms. The van der Waals surface area contributed by atoms with Crippen molar-refractivity contribution in [1.82, 2.24) is 19.9 Å². The predicted octanol–water partition coefficient (Wildman–Crippen LogP) is 2.32. The van der Waals surface area contributed by atoms with Crippen LogP contribution in [0.25, 0.3) is 0 Å². The van der Waals surface area contributed by atoms with Crippen molar-refractivity contribution in [2.45, 2.75) is 26.2 Å². The Morgan fingerprint density at radius 2 is 2.17 bits per heavy atom. The molecule has 0 unspecified atom stereocenters. The van der Waals surface area contributed by atoms with E-state index in [0.717, 1.165) is 49.4 Å². The van der Waals surface area contributed by atoms with Gasteiger partial charge in [-0.3, -0.25) is 14.8 Å². The third kappa shape index (κ3) is 3.69. The number of pyridine rings is 1. The van der Waals surface area contributed by atoms with Gasteiger partial charge < -0.3 is 10.2 Å². The summed E-state index contributed by atoms with van der Waals surface area (Å²) in [7, 11) is 1.86. The molecule has 0 aromatic carbocycles. The topological polar surface area (TPSA) is 71.0 Å². The molecule has 1 aliphatic rings. The first-order valence-corrected chi connectivity index (χ1v) is 8.36. The zero-order chi connectivity index (χ0) is 16.9. The van der Waals surface area contributed by atoms with Crippen LogP contribution in [0.4, 0.5) is 5.82 Å². The average molecular weight is 325 g/mol. The van der Waals surface area contributed by atoms with Gasteiger partial charge in [-0.05, 0) is 43.7 Å². The minimum absolute atomic E-state index is 0.0730. The summed E-state index contributed by atoms with van der Waals surface area (Å²) in [5.41, 5.74) is 2.65. The minimum atomic E-state index is 0.0730. The van der Waals surface area contributed by atoms with Gasteiger partial charge in [-0.2, -0.15) is 0 Å². The predicted molar refractivity (Wildman–Crippen MR) is 92.9 cm³/mol. The molecule has 1 fully saturated rings. The number of carbonyl (C=O) groups excluding carboxylic acids is 1. The highest BCUT2D eigenvalue weighted by Gasteiger charge is 2.25. The van der Waals surface area contributed by atoms with Crippen LogP contribution >= 0.6 is 0 Å². The number of aromatic nitrogens is 3. The molecule has 24 heavy (non-hydrogen) atoms. The quantitative estimate of drug-likeness (QED) is 0.934. The molecular weight excluding hydrogens is 302 g/mol. The van der Waals surface area contributed by atoms with Crippen molar-refractivity contribution in [3.63, 3.8) is 0 Å². The molecule has 0 saturated carbocycles. The Balaban J connectivity index is 1.69. The van der Waals surface area contributed by atoms with Gasteiger partial charge in [0.2, 0.25) is 0 Å². The summed E-state index contributed by atoms with van der Waals surface area (Å²) in [5.74, 6) is 1.30. The molecule has 3 rings (SSSR count). The van der Waals surface area contributed by atoms with Crippen LogP contribution in [0.5, 0.6) is 0 Å². The molecule has 0 radical (unpaired) electrons. The van der Waals surface area contributed by atoms with Crippen molar-refractivity contribution in [2.75, 3.05) is 25.5 Å². The number of rotatable bonds is 4. The second kappa shape index (κ2) is 7.38. The Labute approximate surface area is 142 Å². The monoisotopic (exact) mass is 325 g/mol. The molecule has 6 nitrogen and oxygen atoms in total. The maximum Gasteiger partial charge on any atom is 0.255 e. The van der Waals surface area contributed by atoms with Crippen LogP contribution in [0.1, 0.15) is 34.5 Å². The molecule has 1 saturated heterocycles. The van der Waals surface area contributed by atoms with Crippen LogP contribution in [-0.2, 0) is 6.42 Å². The molecule has 6 heteroatoms. The summed E-state index contributed by atoms with van der Waals surface area (Å²) in [5, 5.41) is 3.09. The summed E-state index contributed by atoms with van der Waals surface area (Å²) in [4.78, 5) is 27.6. The van der Waals surface area contributed by atoms with Gasteiger partial charge in [-0.1, -0.05) is 0 Å². The first kappa shape index (κ1) is 16.4. The van der Waals surface area contributed by atoms with Gasteiger partial charge in [0.15, 0.2) is 0 Å². The van der Waals surface area contributed by atoms with Crippen LogP contribution in [0.2, 0.25) is 0 Å². The second-order valence-electron chi connectivity index (χ2n) is 6.32. The van der Waals surface area contributed by atoms with Crippen LogP contribution in [0.15, 0.2) is 30.9 Å². The number of hydrogen-bond acceptors (Lipinski definition) is 5. The Hall–Kier alpha value is -2.50. The zero-order valence-electron chi connectivity index (χ0n) is 14.2. The van der Waals surface area contributed by atoms with Crippen molar-refractivity contribution < 1.29 is 4.79 Å². The number of piperidine rings is 1. The van der Waals surface area contributed by atoms with Crippen LogP contribution in [-0.4, -0.2) is 45.9 Å². The molecule has 0 aliphatic carbocycles.